The molecule has 0 atom stereocenters. The zero-order valence-corrected chi connectivity index (χ0v) is 21.2. The minimum atomic E-state index is -3.70. The van der Waals surface area contributed by atoms with Crippen molar-refractivity contribution in [1.82, 2.24) is 14.5 Å². The second kappa shape index (κ2) is 11.3. The molecule has 0 unspecified atom stereocenters. The second-order valence-electron chi connectivity index (χ2n) is 7.78. The van der Waals surface area contributed by atoms with Gasteiger partial charge in [0.05, 0.1) is 17.6 Å². The van der Waals surface area contributed by atoms with E-state index in [4.69, 9.17) is 4.74 Å². The van der Waals surface area contributed by atoms with Crippen molar-refractivity contribution in [3.05, 3.63) is 59.7 Å². The Balaban J connectivity index is 1.49. The summed E-state index contributed by atoms with van der Waals surface area (Å²) in [5.74, 6) is 0.532. The molecule has 34 heavy (non-hydrogen) atoms. The quantitative estimate of drug-likeness (QED) is 0.342. The van der Waals surface area contributed by atoms with Crippen LogP contribution in [0.2, 0.25) is 0 Å². The molecule has 3 aromatic rings. The van der Waals surface area contributed by atoms with E-state index in [0.29, 0.717) is 18.2 Å². The molecule has 1 saturated heterocycles. The van der Waals surface area contributed by atoms with E-state index in [-0.39, 0.29) is 16.2 Å². The summed E-state index contributed by atoms with van der Waals surface area (Å²) in [6.45, 7) is 0.980. The molecular formula is C23H26N4O4S3. The number of thioether (sulfide) groups is 1. The average molecular weight is 519 g/mol. The highest BCUT2D eigenvalue weighted by Crippen LogP contribution is 2.30. The smallest absolute Gasteiger partial charge is 0.261 e. The van der Waals surface area contributed by atoms with E-state index >= 15 is 0 Å². The lowest BCUT2D eigenvalue weighted by atomic mass is 10.2. The molecule has 1 aromatic heterocycles. The lowest BCUT2D eigenvalue weighted by molar-refractivity contribution is 0.102. The summed E-state index contributed by atoms with van der Waals surface area (Å²) in [6.07, 6.45) is 3.72. The van der Waals surface area contributed by atoms with Gasteiger partial charge in [-0.15, -0.1) is 10.2 Å². The first kappa shape index (κ1) is 24.6. The Hall–Kier alpha value is -2.47. The van der Waals surface area contributed by atoms with Crippen LogP contribution in [0.3, 0.4) is 0 Å². The maximum absolute atomic E-state index is 13.2. The van der Waals surface area contributed by atoms with Crippen LogP contribution in [-0.4, -0.2) is 49.0 Å². The van der Waals surface area contributed by atoms with Crippen LogP contribution < -0.4 is 10.1 Å². The third-order valence-corrected chi connectivity index (χ3v) is 9.39. The normalized spacial score (nSPS) is 15.0. The number of anilines is 1. The zero-order valence-electron chi connectivity index (χ0n) is 18.8. The van der Waals surface area contributed by atoms with E-state index in [1.54, 1.807) is 0 Å². The average Bonchev–Trinajstić information content (AvgIpc) is 3.11. The number of carbonyl (C=O) groups is 1. The number of rotatable bonds is 8. The summed E-state index contributed by atoms with van der Waals surface area (Å²) >= 11 is 2.80. The molecule has 1 aliphatic rings. The summed E-state index contributed by atoms with van der Waals surface area (Å²) in [4.78, 5) is 13.1. The molecule has 0 aliphatic carbocycles. The SMILES string of the molecule is COc1ccc(S(=O)(=O)N2CCCCCC2)cc1C(=O)Nc1nnc(SCc2ccccc2)s1. The Morgan fingerprint density at radius 1 is 1.09 bits per heavy atom. The van der Waals surface area contributed by atoms with Crippen LogP contribution >= 0.6 is 23.1 Å². The van der Waals surface area contributed by atoms with E-state index in [2.05, 4.69) is 15.5 Å². The van der Waals surface area contributed by atoms with Gasteiger partial charge >= 0.3 is 0 Å². The molecule has 11 heteroatoms. The number of hydrogen-bond acceptors (Lipinski definition) is 8. The maximum atomic E-state index is 13.2. The van der Waals surface area contributed by atoms with Gasteiger partial charge in [-0.1, -0.05) is 66.3 Å². The first-order chi connectivity index (χ1) is 16.5. The summed E-state index contributed by atoms with van der Waals surface area (Å²) in [5.41, 5.74) is 1.30. The van der Waals surface area contributed by atoms with Gasteiger partial charge in [0, 0.05) is 18.8 Å². The van der Waals surface area contributed by atoms with Crippen molar-refractivity contribution < 1.29 is 17.9 Å². The lowest BCUT2D eigenvalue weighted by Gasteiger charge is -2.20. The topological polar surface area (TPSA) is 101 Å². The van der Waals surface area contributed by atoms with Gasteiger partial charge in [-0.3, -0.25) is 10.1 Å². The van der Waals surface area contributed by atoms with Crippen molar-refractivity contribution in [3.63, 3.8) is 0 Å². The molecule has 0 bridgehead atoms. The van der Waals surface area contributed by atoms with E-state index in [0.717, 1.165) is 35.8 Å². The number of nitrogens with one attached hydrogen (secondary N) is 1. The largest absolute Gasteiger partial charge is 0.496 e. The van der Waals surface area contributed by atoms with Crippen molar-refractivity contribution in [2.24, 2.45) is 0 Å². The van der Waals surface area contributed by atoms with E-state index in [9.17, 15) is 13.2 Å². The number of methoxy groups -OCH3 is 1. The number of benzene rings is 2. The Morgan fingerprint density at radius 3 is 2.53 bits per heavy atom. The van der Waals surface area contributed by atoms with Crippen LogP contribution in [0.25, 0.3) is 0 Å². The molecular weight excluding hydrogens is 492 g/mol. The van der Waals surface area contributed by atoms with Crippen molar-refractivity contribution in [3.8, 4) is 5.75 Å². The standard InChI is InChI=1S/C23H26N4O4S3/c1-31-20-12-11-18(34(29,30)27-13-7-2-3-8-14-27)15-19(20)21(28)24-22-25-26-23(33-22)32-16-17-9-5-4-6-10-17/h4-6,9-12,15H,2-3,7-8,13-14,16H2,1H3,(H,24,25,28). The molecule has 0 radical (unpaired) electrons. The zero-order chi connectivity index (χ0) is 24.0. The van der Waals surface area contributed by atoms with Crippen LogP contribution in [0.4, 0.5) is 5.13 Å². The van der Waals surface area contributed by atoms with Crippen LogP contribution in [0.1, 0.15) is 41.6 Å². The molecule has 0 spiro atoms. The van der Waals surface area contributed by atoms with Gasteiger partial charge < -0.3 is 4.74 Å². The molecule has 0 saturated carbocycles. The Labute approximate surface area is 207 Å². The van der Waals surface area contributed by atoms with Crippen molar-refractivity contribution in [2.45, 2.75) is 40.7 Å². The van der Waals surface area contributed by atoms with Gasteiger partial charge in [0.2, 0.25) is 15.2 Å². The second-order valence-corrected chi connectivity index (χ2v) is 11.9. The number of ether oxygens (including phenoxy) is 1. The molecule has 2 heterocycles. The lowest BCUT2D eigenvalue weighted by Crippen LogP contribution is -2.32. The van der Waals surface area contributed by atoms with Gasteiger partial charge in [-0.2, -0.15) is 4.31 Å². The first-order valence-electron chi connectivity index (χ1n) is 11.0. The monoisotopic (exact) mass is 518 g/mol. The number of aromatic nitrogens is 2. The minimum Gasteiger partial charge on any atom is -0.496 e. The maximum Gasteiger partial charge on any atom is 0.261 e. The molecule has 1 aliphatic heterocycles. The molecule has 1 amide bonds. The summed E-state index contributed by atoms with van der Waals surface area (Å²) in [6, 6.07) is 14.4. The summed E-state index contributed by atoms with van der Waals surface area (Å²) in [7, 11) is -2.26. The van der Waals surface area contributed by atoms with Gasteiger partial charge in [0.1, 0.15) is 5.75 Å². The fourth-order valence-corrected chi connectivity index (χ4v) is 6.91. The van der Waals surface area contributed by atoms with Crippen LogP contribution in [-0.2, 0) is 15.8 Å². The Bertz CT molecular complexity index is 1220. The van der Waals surface area contributed by atoms with Crippen LogP contribution in [0, 0.1) is 0 Å². The van der Waals surface area contributed by atoms with E-state index in [1.807, 2.05) is 30.3 Å². The molecule has 2 aromatic carbocycles. The third-order valence-electron chi connectivity index (χ3n) is 5.45. The fraction of sp³-hybridized carbons (Fsp3) is 0.348. The number of amides is 1. The van der Waals surface area contributed by atoms with Crippen molar-refractivity contribution in [1.29, 1.82) is 0 Å². The third kappa shape index (κ3) is 5.96. The number of sulfonamides is 1. The van der Waals surface area contributed by atoms with Gasteiger partial charge in [0.15, 0.2) is 4.34 Å². The minimum absolute atomic E-state index is 0.0803. The van der Waals surface area contributed by atoms with Gasteiger partial charge in [0.25, 0.3) is 5.91 Å². The van der Waals surface area contributed by atoms with Crippen molar-refractivity contribution >= 4 is 44.2 Å². The van der Waals surface area contributed by atoms with Gasteiger partial charge in [-0.05, 0) is 36.6 Å². The van der Waals surface area contributed by atoms with E-state index < -0.39 is 15.9 Å². The molecule has 1 fully saturated rings. The Morgan fingerprint density at radius 2 is 1.82 bits per heavy atom. The number of carbonyl (C=O) groups excluding carboxylic acids is 1. The fourth-order valence-electron chi connectivity index (χ4n) is 3.66. The van der Waals surface area contributed by atoms with Crippen LogP contribution in [0.15, 0.2) is 57.8 Å². The van der Waals surface area contributed by atoms with Crippen molar-refractivity contribution in [2.75, 3.05) is 25.5 Å². The highest BCUT2D eigenvalue weighted by molar-refractivity contribution is 8.00. The summed E-state index contributed by atoms with van der Waals surface area (Å²) < 4.78 is 33.9. The van der Waals surface area contributed by atoms with Gasteiger partial charge in [-0.25, -0.2) is 8.42 Å². The Kier molecular flexibility index (Phi) is 8.19. The molecule has 8 nitrogen and oxygen atoms in total. The van der Waals surface area contributed by atoms with Crippen LogP contribution in [0.5, 0.6) is 5.75 Å². The molecule has 1 N–H and O–H groups in total. The number of nitrogens with zero attached hydrogens (tertiary/aromatic N) is 3. The van der Waals surface area contributed by atoms with E-state index in [1.165, 1.54) is 58.3 Å². The highest BCUT2D eigenvalue weighted by Gasteiger charge is 2.27. The predicted octanol–water partition coefficient (Wildman–Crippen LogP) is 4.66. The molecule has 180 valence electrons. The summed E-state index contributed by atoms with van der Waals surface area (Å²) in [5, 5.41) is 11.2. The molecule has 4 rings (SSSR count). The number of hydrogen-bond donors (Lipinski definition) is 1. The first-order valence-corrected chi connectivity index (χ1v) is 14.2. The predicted molar refractivity (Wildman–Crippen MR) is 134 cm³/mol. The highest BCUT2D eigenvalue weighted by atomic mass is 32.2.